The van der Waals surface area contributed by atoms with Crippen molar-refractivity contribution in [2.24, 2.45) is 7.05 Å². The molecule has 0 spiro atoms. The molecule has 0 atom stereocenters. The van der Waals surface area contributed by atoms with Crippen LogP contribution in [-0.4, -0.2) is 15.7 Å². The van der Waals surface area contributed by atoms with Gasteiger partial charge in [-0.25, -0.2) is 0 Å². The second kappa shape index (κ2) is 6.96. The Bertz CT molecular complexity index is 937. The lowest BCUT2D eigenvalue weighted by atomic mass is 9.86. The highest BCUT2D eigenvalue weighted by atomic mass is 35.5. The van der Waals surface area contributed by atoms with E-state index in [9.17, 15) is 4.79 Å². The Kier molecular flexibility index (Phi) is 4.88. The normalized spacial score (nSPS) is 11.4. The van der Waals surface area contributed by atoms with Crippen LogP contribution in [0.1, 0.15) is 36.8 Å². The molecular weight excluding hydrogens is 346 g/mol. The highest BCUT2D eigenvalue weighted by Gasteiger charge is 2.16. The zero-order valence-corrected chi connectivity index (χ0v) is 16.1. The van der Waals surface area contributed by atoms with Crippen molar-refractivity contribution in [1.82, 2.24) is 9.78 Å². The van der Waals surface area contributed by atoms with Crippen molar-refractivity contribution in [1.29, 1.82) is 0 Å². The highest BCUT2D eigenvalue weighted by Crippen LogP contribution is 2.26. The number of aromatic nitrogens is 2. The summed E-state index contributed by atoms with van der Waals surface area (Å²) in [4.78, 5) is 12.5. The number of hydrogen-bond acceptors (Lipinski definition) is 2. The molecular formula is C21H22ClN3O. The summed E-state index contributed by atoms with van der Waals surface area (Å²) in [6.45, 7) is 6.55. The van der Waals surface area contributed by atoms with Crippen molar-refractivity contribution in [2.45, 2.75) is 26.2 Å². The first-order valence-corrected chi connectivity index (χ1v) is 8.84. The van der Waals surface area contributed by atoms with E-state index in [-0.39, 0.29) is 11.3 Å². The third kappa shape index (κ3) is 3.97. The summed E-state index contributed by atoms with van der Waals surface area (Å²) < 4.78 is 1.72. The third-order valence-electron chi connectivity index (χ3n) is 4.24. The molecule has 0 saturated carbocycles. The monoisotopic (exact) mass is 367 g/mol. The summed E-state index contributed by atoms with van der Waals surface area (Å²) in [5.41, 5.74) is 4.29. The number of nitrogens with zero attached hydrogens (tertiary/aromatic N) is 2. The summed E-state index contributed by atoms with van der Waals surface area (Å²) in [6.07, 6.45) is 0. The van der Waals surface area contributed by atoms with E-state index in [1.54, 1.807) is 35.0 Å². The Morgan fingerprint density at radius 1 is 1.08 bits per heavy atom. The van der Waals surface area contributed by atoms with Crippen LogP contribution in [0.3, 0.4) is 0 Å². The number of carbonyl (C=O) groups is 1. The number of anilines is 1. The van der Waals surface area contributed by atoms with Crippen molar-refractivity contribution in [3.8, 4) is 11.3 Å². The number of nitrogens with one attached hydrogen (secondary N) is 1. The molecule has 4 nitrogen and oxygen atoms in total. The number of benzene rings is 2. The van der Waals surface area contributed by atoms with Gasteiger partial charge in [-0.2, -0.15) is 5.10 Å². The van der Waals surface area contributed by atoms with Gasteiger partial charge in [-0.1, -0.05) is 62.7 Å². The number of amides is 1. The van der Waals surface area contributed by atoms with E-state index in [1.807, 2.05) is 7.05 Å². The minimum Gasteiger partial charge on any atom is -0.321 e. The maximum Gasteiger partial charge on any atom is 0.276 e. The van der Waals surface area contributed by atoms with Crippen molar-refractivity contribution in [2.75, 3.05) is 5.32 Å². The van der Waals surface area contributed by atoms with Crippen molar-refractivity contribution < 1.29 is 4.79 Å². The van der Waals surface area contributed by atoms with E-state index in [4.69, 9.17) is 11.6 Å². The molecule has 1 amide bonds. The Hall–Kier alpha value is -2.59. The molecule has 2 aromatic carbocycles. The number of carbonyl (C=O) groups excluding carboxylic acids is 1. The standard InChI is InChI=1S/C21H22ClN3O/c1-21(2,3)15-10-8-14(9-11-15)19-13-18(24-25(19)4)20(26)23-17-7-5-6-16(22)12-17/h5-13H,1-4H3,(H,23,26). The summed E-state index contributed by atoms with van der Waals surface area (Å²) >= 11 is 5.96. The molecule has 0 unspecified atom stereocenters. The van der Waals surface area contributed by atoms with Gasteiger partial charge >= 0.3 is 0 Å². The zero-order valence-electron chi connectivity index (χ0n) is 15.4. The van der Waals surface area contributed by atoms with Gasteiger partial charge in [0.1, 0.15) is 0 Å². The SMILES string of the molecule is Cn1nc(C(=O)Nc2cccc(Cl)c2)cc1-c1ccc(C(C)(C)C)cc1. The fourth-order valence-corrected chi connectivity index (χ4v) is 2.94. The Labute approximate surface area is 158 Å². The van der Waals surface area contributed by atoms with Gasteiger partial charge < -0.3 is 5.32 Å². The van der Waals surface area contributed by atoms with E-state index < -0.39 is 0 Å². The van der Waals surface area contributed by atoms with E-state index >= 15 is 0 Å². The van der Waals surface area contributed by atoms with E-state index in [0.717, 1.165) is 11.3 Å². The van der Waals surface area contributed by atoms with Crippen LogP contribution >= 0.6 is 11.6 Å². The van der Waals surface area contributed by atoms with E-state index in [2.05, 4.69) is 55.5 Å². The summed E-state index contributed by atoms with van der Waals surface area (Å²) in [5.74, 6) is -0.263. The molecule has 134 valence electrons. The lowest BCUT2D eigenvalue weighted by molar-refractivity contribution is 0.102. The Morgan fingerprint density at radius 2 is 1.77 bits per heavy atom. The maximum atomic E-state index is 12.5. The number of aryl methyl sites for hydroxylation is 1. The first-order valence-electron chi connectivity index (χ1n) is 8.46. The minimum atomic E-state index is -0.263. The summed E-state index contributed by atoms with van der Waals surface area (Å²) in [6, 6.07) is 17.2. The van der Waals surface area contributed by atoms with Crippen LogP contribution in [0.25, 0.3) is 11.3 Å². The fraction of sp³-hybridized carbons (Fsp3) is 0.238. The van der Waals surface area contributed by atoms with Crippen LogP contribution in [0, 0.1) is 0 Å². The van der Waals surface area contributed by atoms with Gasteiger partial charge in [0, 0.05) is 17.8 Å². The lowest BCUT2D eigenvalue weighted by Crippen LogP contribution is -2.12. The first kappa shape index (κ1) is 18.2. The average molecular weight is 368 g/mol. The summed E-state index contributed by atoms with van der Waals surface area (Å²) in [5, 5.41) is 7.74. The Balaban J connectivity index is 1.83. The van der Waals surface area contributed by atoms with Crippen LogP contribution in [0.5, 0.6) is 0 Å². The van der Waals surface area contributed by atoms with Gasteiger partial charge in [-0.3, -0.25) is 9.48 Å². The van der Waals surface area contributed by atoms with Crippen LogP contribution < -0.4 is 5.32 Å². The second-order valence-corrected chi connectivity index (χ2v) is 7.77. The largest absolute Gasteiger partial charge is 0.321 e. The second-order valence-electron chi connectivity index (χ2n) is 7.33. The zero-order chi connectivity index (χ0) is 18.9. The quantitative estimate of drug-likeness (QED) is 0.683. The van der Waals surface area contributed by atoms with Crippen LogP contribution in [-0.2, 0) is 12.5 Å². The molecule has 0 fully saturated rings. The molecule has 26 heavy (non-hydrogen) atoms. The van der Waals surface area contributed by atoms with Gasteiger partial charge in [0.05, 0.1) is 5.69 Å². The Morgan fingerprint density at radius 3 is 2.38 bits per heavy atom. The average Bonchev–Trinajstić information content (AvgIpc) is 2.96. The van der Waals surface area contributed by atoms with Gasteiger partial charge in [0.25, 0.3) is 5.91 Å². The van der Waals surface area contributed by atoms with Crippen molar-refractivity contribution in [3.05, 3.63) is 70.9 Å². The first-order chi connectivity index (χ1) is 12.2. The molecule has 1 heterocycles. The molecule has 3 aromatic rings. The molecule has 1 aromatic heterocycles. The molecule has 0 aliphatic rings. The lowest BCUT2D eigenvalue weighted by Gasteiger charge is -2.19. The molecule has 1 N–H and O–H groups in total. The number of halogens is 1. The predicted octanol–water partition coefficient (Wildman–Crippen LogP) is 5.29. The molecule has 0 aliphatic carbocycles. The fourth-order valence-electron chi connectivity index (χ4n) is 2.75. The number of rotatable bonds is 3. The highest BCUT2D eigenvalue weighted by molar-refractivity contribution is 6.30. The topological polar surface area (TPSA) is 46.9 Å². The van der Waals surface area contributed by atoms with Gasteiger partial charge in [0.15, 0.2) is 5.69 Å². The third-order valence-corrected chi connectivity index (χ3v) is 4.48. The molecule has 0 saturated heterocycles. The predicted molar refractivity (Wildman–Crippen MR) is 107 cm³/mol. The number of hydrogen-bond donors (Lipinski definition) is 1. The maximum absolute atomic E-state index is 12.5. The van der Waals surface area contributed by atoms with Crippen LogP contribution in [0.4, 0.5) is 5.69 Å². The smallest absolute Gasteiger partial charge is 0.276 e. The molecule has 5 heteroatoms. The summed E-state index contributed by atoms with van der Waals surface area (Å²) in [7, 11) is 1.84. The molecule has 3 rings (SSSR count). The molecule has 0 aliphatic heterocycles. The van der Waals surface area contributed by atoms with Gasteiger partial charge in [0.2, 0.25) is 0 Å². The van der Waals surface area contributed by atoms with Crippen LogP contribution in [0.15, 0.2) is 54.6 Å². The van der Waals surface area contributed by atoms with E-state index in [0.29, 0.717) is 16.4 Å². The van der Waals surface area contributed by atoms with Crippen molar-refractivity contribution in [3.63, 3.8) is 0 Å². The van der Waals surface area contributed by atoms with Crippen LogP contribution in [0.2, 0.25) is 5.02 Å². The van der Waals surface area contributed by atoms with Gasteiger partial charge in [-0.15, -0.1) is 0 Å². The molecule has 0 radical (unpaired) electrons. The minimum absolute atomic E-state index is 0.104. The van der Waals surface area contributed by atoms with E-state index in [1.165, 1.54) is 5.56 Å². The van der Waals surface area contributed by atoms with Crippen molar-refractivity contribution >= 4 is 23.2 Å². The molecule has 0 bridgehead atoms. The van der Waals surface area contributed by atoms with Gasteiger partial charge in [-0.05, 0) is 40.8 Å².